The van der Waals surface area contributed by atoms with E-state index in [0.29, 0.717) is 41.9 Å². The summed E-state index contributed by atoms with van der Waals surface area (Å²) in [7, 11) is 0. The summed E-state index contributed by atoms with van der Waals surface area (Å²) in [5, 5.41) is 23.2. The summed E-state index contributed by atoms with van der Waals surface area (Å²) in [6.07, 6.45) is 4.71. The van der Waals surface area contributed by atoms with Crippen LogP contribution in [-0.4, -0.2) is 81.6 Å². The average Bonchev–Trinajstić information content (AvgIpc) is 2.96. The van der Waals surface area contributed by atoms with Gasteiger partial charge in [0.1, 0.15) is 12.1 Å². The Morgan fingerprint density at radius 2 is 1.05 bits per heavy atom. The zero-order valence-corrected chi connectivity index (χ0v) is 25.1. The van der Waals surface area contributed by atoms with Crippen LogP contribution in [0.2, 0.25) is 0 Å². The highest BCUT2D eigenvalue weighted by atomic mass is 32.2. The Kier molecular flexibility index (Phi) is 16.1. The Morgan fingerprint density at radius 3 is 1.39 bits per heavy atom. The Hall–Kier alpha value is -3.64. The fourth-order valence-electron chi connectivity index (χ4n) is 3.56. The van der Waals surface area contributed by atoms with Crippen molar-refractivity contribution in [2.75, 3.05) is 24.0 Å². The number of carbonyl (C=O) groups is 6. The number of thioether (sulfide) groups is 2. The van der Waals surface area contributed by atoms with E-state index < -0.39 is 35.8 Å². The maximum absolute atomic E-state index is 12.2. The standard InChI is InChI=1S/C15H19NO4S.C14H17NO4S/c1-3-13(17)10-6-4-5-7-11(10)14(18)16-12(15(19)20)8-9-21-2;1-9(16)10-5-3-4-6-11(10)13(17)15-12(14(18)19)7-8-20-2/h4-7,12H,3,8-9H2,1-2H3,(H,16,18)(H,19,20);3-6,12H,7-8H2,1-2H3,(H,15,17)(H,18,19)/t2*12-/m00/s1. The van der Waals surface area contributed by atoms with E-state index >= 15 is 0 Å². The minimum absolute atomic E-state index is 0.142. The zero-order valence-electron chi connectivity index (χ0n) is 23.5. The van der Waals surface area contributed by atoms with Gasteiger partial charge < -0.3 is 20.8 Å². The second-order valence-corrected chi connectivity index (χ2v) is 10.7. The van der Waals surface area contributed by atoms with Crippen molar-refractivity contribution < 1.29 is 39.0 Å². The number of aliphatic carboxylic acids is 2. The number of ketones is 2. The van der Waals surface area contributed by atoms with E-state index in [2.05, 4.69) is 10.6 Å². The molecule has 222 valence electrons. The molecule has 10 nitrogen and oxygen atoms in total. The molecular formula is C29H36N2O8S2. The molecule has 0 heterocycles. The second-order valence-electron chi connectivity index (χ2n) is 8.72. The molecule has 0 aromatic heterocycles. The number of hydrogen-bond acceptors (Lipinski definition) is 8. The molecule has 12 heteroatoms. The molecule has 0 aliphatic carbocycles. The predicted molar refractivity (Wildman–Crippen MR) is 161 cm³/mol. The minimum atomic E-state index is -1.08. The van der Waals surface area contributed by atoms with Crippen LogP contribution >= 0.6 is 23.5 Å². The highest BCUT2D eigenvalue weighted by Gasteiger charge is 2.23. The molecule has 0 bridgehead atoms. The number of carboxylic acid groups (broad SMARTS) is 2. The van der Waals surface area contributed by atoms with Crippen LogP contribution in [0.15, 0.2) is 48.5 Å². The lowest BCUT2D eigenvalue weighted by atomic mass is 10.0. The van der Waals surface area contributed by atoms with Crippen molar-refractivity contribution in [1.29, 1.82) is 0 Å². The molecule has 0 unspecified atom stereocenters. The van der Waals surface area contributed by atoms with Crippen LogP contribution in [0.5, 0.6) is 0 Å². The largest absolute Gasteiger partial charge is 0.480 e. The second kappa shape index (κ2) is 18.7. The van der Waals surface area contributed by atoms with E-state index in [1.807, 2.05) is 12.5 Å². The normalized spacial score (nSPS) is 11.7. The molecule has 2 aromatic rings. The molecule has 0 fully saturated rings. The fourth-order valence-corrected chi connectivity index (χ4v) is 4.50. The molecule has 0 aliphatic heterocycles. The van der Waals surface area contributed by atoms with Gasteiger partial charge in [-0.3, -0.25) is 19.2 Å². The molecule has 2 rings (SSSR count). The van der Waals surface area contributed by atoms with Crippen molar-refractivity contribution in [3.8, 4) is 0 Å². The maximum atomic E-state index is 12.2. The van der Waals surface area contributed by atoms with E-state index in [1.165, 1.54) is 42.6 Å². The fraction of sp³-hybridized carbons (Fsp3) is 0.379. The lowest BCUT2D eigenvalue weighted by Crippen LogP contribution is -2.41. The zero-order chi connectivity index (χ0) is 30.9. The third-order valence-electron chi connectivity index (χ3n) is 5.77. The van der Waals surface area contributed by atoms with Crippen LogP contribution in [0.3, 0.4) is 0 Å². The smallest absolute Gasteiger partial charge is 0.326 e. The summed E-state index contributed by atoms with van der Waals surface area (Å²) in [6.45, 7) is 3.09. The van der Waals surface area contributed by atoms with Crippen LogP contribution in [0.1, 0.15) is 74.5 Å². The number of amides is 2. The SMILES string of the molecule is CCC(=O)c1ccccc1C(=O)N[C@@H](CCSC)C(=O)O.CSCC[C@H](NC(=O)c1ccccc1C(C)=O)C(=O)O. The van der Waals surface area contributed by atoms with Gasteiger partial charge in [0.05, 0.1) is 11.1 Å². The highest BCUT2D eigenvalue weighted by molar-refractivity contribution is 7.98. The first kappa shape index (κ1) is 35.4. The minimum Gasteiger partial charge on any atom is -0.480 e. The summed E-state index contributed by atoms with van der Waals surface area (Å²) in [4.78, 5) is 69.9. The first-order valence-electron chi connectivity index (χ1n) is 12.8. The summed E-state index contributed by atoms with van der Waals surface area (Å²) < 4.78 is 0. The molecule has 2 atom stereocenters. The topological polar surface area (TPSA) is 167 Å². The van der Waals surface area contributed by atoms with Gasteiger partial charge in [-0.25, -0.2) is 9.59 Å². The third kappa shape index (κ3) is 11.8. The first-order valence-corrected chi connectivity index (χ1v) is 15.5. The van der Waals surface area contributed by atoms with Crippen molar-refractivity contribution in [3.63, 3.8) is 0 Å². The number of nitrogens with one attached hydrogen (secondary N) is 2. The van der Waals surface area contributed by atoms with E-state index in [9.17, 15) is 28.8 Å². The molecule has 2 aromatic carbocycles. The van der Waals surface area contributed by atoms with Crippen molar-refractivity contribution in [2.24, 2.45) is 0 Å². The molecule has 0 spiro atoms. The monoisotopic (exact) mass is 604 g/mol. The number of carbonyl (C=O) groups excluding carboxylic acids is 4. The Balaban J connectivity index is 0.000000410. The van der Waals surface area contributed by atoms with Crippen LogP contribution < -0.4 is 10.6 Å². The Bertz CT molecular complexity index is 1230. The number of carboxylic acids is 2. The lowest BCUT2D eigenvalue weighted by molar-refractivity contribution is -0.140. The van der Waals surface area contributed by atoms with E-state index in [-0.39, 0.29) is 22.7 Å². The Labute approximate surface area is 248 Å². The average molecular weight is 605 g/mol. The van der Waals surface area contributed by atoms with Gasteiger partial charge in [0, 0.05) is 17.5 Å². The van der Waals surface area contributed by atoms with Gasteiger partial charge in [0.2, 0.25) is 0 Å². The van der Waals surface area contributed by atoms with Crippen molar-refractivity contribution in [1.82, 2.24) is 10.6 Å². The molecule has 2 amide bonds. The van der Waals surface area contributed by atoms with Gasteiger partial charge in [-0.15, -0.1) is 0 Å². The van der Waals surface area contributed by atoms with E-state index in [1.54, 1.807) is 43.3 Å². The quantitative estimate of drug-likeness (QED) is 0.218. The highest BCUT2D eigenvalue weighted by Crippen LogP contribution is 2.13. The number of benzene rings is 2. The van der Waals surface area contributed by atoms with Crippen molar-refractivity contribution in [3.05, 3.63) is 70.8 Å². The molecule has 0 saturated heterocycles. The maximum Gasteiger partial charge on any atom is 0.326 e. The van der Waals surface area contributed by atoms with Gasteiger partial charge in [-0.1, -0.05) is 43.3 Å². The third-order valence-corrected chi connectivity index (χ3v) is 7.06. The van der Waals surface area contributed by atoms with E-state index in [0.717, 1.165) is 0 Å². The van der Waals surface area contributed by atoms with Gasteiger partial charge in [-0.2, -0.15) is 23.5 Å². The summed E-state index contributed by atoms with van der Waals surface area (Å²) in [5.41, 5.74) is 1.04. The van der Waals surface area contributed by atoms with E-state index in [4.69, 9.17) is 10.2 Å². The molecule has 41 heavy (non-hydrogen) atoms. The molecule has 0 saturated carbocycles. The van der Waals surface area contributed by atoms with Crippen LogP contribution in [0.4, 0.5) is 0 Å². The summed E-state index contributed by atoms with van der Waals surface area (Å²) in [6, 6.07) is 10.9. The molecule has 0 aliphatic rings. The van der Waals surface area contributed by atoms with Gasteiger partial charge in [0.15, 0.2) is 11.6 Å². The van der Waals surface area contributed by atoms with Gasteiger partial charge >= 0.3 is 11.9 Å². The lowest BCUT2D eigenvalue weighted by Gasteiger charge is -2.15. The van der Waals surface area contributed by atoms with Gasteiger partial charge in [0.25, 0.3) is 11.8 Å². The van der Waals surface area contributed by atoms with Gasteiger partial charge in [-0.05, 0) is 55.9 Å². The number of hydrogen-bond donors (Lipinski definition) is 4. The molecule has 0 radical (unpaired) electrons. The van der Waals surface area contributed by atoms with Crippen molar-refractivity contribution >= 4 is 58.8 Å². The number of rotatable bonds is 15. The van der Waals surface area contributed by atoms with Crippen molar-refractivity contribution in [2.45, 2.75) is 45.2 Å². The van der Waals surface area contributed by atoms with Crippen LogP contribution in [0.25, 0.3) is 0 Å². The summed E-state index contributed by atoms with van der Waals surface area (Å²) >= 11 is 3.02. The summed E-state index contributed by atoms with van der Waals surface area (Å²) in [5.74, 6) is -2.32. The molecular weight excluding hydrogens is 568 g/mol. The molecule has 4 N–H and O–H groups in total. The first-order chi connectivity index (χ1) is 19.5. The van der Waals surface area contributed by atoms with Crippen LogP contribution in [0, 0.1) is 0 Å². The van der Waals surface area contributed by atoms with Crippen LogP contribution in [-0.2, 0) is 9.59 Å². The Morgan fingerprint density at radius 1 is 0.683 bits per heavy atom. The predicted octanol–water partition coefficient (Wildman–Crippen LogP) is 4.04. The number of Topliss-reactive ketones (excluding diaryl/α,β-unsaturated/α-hetero) is 2.